The van der Waals surface area contributed by atoms with E-state index in [4.69, 9.17) is 10.2 Å². The van der Waals surface area contributed by atoms with Crippen molar-refractivity contribution in [1.29, 1.82) is 0 Å². The highest BCUT2D eigenvalue weighted by Gasteiger charge is 2.16. The van der Waals surface area contributed by atoms with Crippen LogP contribution in [0.15, 0.2) is 12.7 Å². The predicted octanol–water partition coefficient (Wildman–Crippen LogP) is 1.13. The number of H-pyrrole nitrogens is 1. The Balaban J connectivity index is 0.00000154. The lowest BCUT2D eigenvalue weighted by atomic mass is 10.1. The summed E-state index contributed by atoms with van der Waals surface area (Å²) in [6, 6.07) is 0. The van der Waals surface area contributed by atoms with E-state index in [0.717, 1.165) is 0 Å². The van der Waals surface area contributed by atoms with Crippen molar-refractivity contribution in [2.24, 2.45) is 0 Å². The Bertz CT molecular complexity index is 581. The molecule has 0 radical (unpaired) electrons. The molecule has 5 nitrogen and oxygen atoms in total. The molecule has 5 heteroatoms. The fraction of sp³-hybridized carbons (Fsp3) is 0.286. The molecule has 3 N–H and O–H groups in total. The van der Waals surface area contributed by atoms with E-state index in [-0.39, 0.29) is 17.7 Å². The maximum atomic E-state index is 11.0. The van der Waals surface area contributed by atoms with E-state index in [1.807, 2.05) is 13.8 Å². The number of allylic oxidation sites excluding steroid dienone is 1. The zero-order valence-electron chi connectivity index (χ0n) is 11.4. The molecule has 0 unspecified atom stereocenters. The summed E-state index contributed by atoms with van der Waals surface area (Å²) in [6.45, 7) is 9.27. The van der Waals surface area contributed by atoms with Gasteiger partial charge in [0.15, 0.2) is 0 Å². The van der Waals surface area contributed by atoms with Crippen LogP contribution >= 0.6 is 0 Å². The van der Waals surface area contributed by atoms with Gasteiger partial charge >= 0.3 is 11.9 Å². The Kier molecular flexibility index (Phi) is 6.96. The highest BCUT2D eigenvalue weighted by Crippen LogP contribution is 2.00. The standard InChI is InChI=1S/C12H13NO4.C2H6/c1-3-5-7-8(6-10(14)15)11(12(16)17)13-9(7)4-2;1-2/h3-5,13H,1,6H2,2H3,(H,14,15)(H,16,17);1-2H3/b7-5-,9-4+;. The summed E-state index contributed by atoms with van der Waals surface area (Å²) in [5.74, 6) is -2.25. The van der Waals surface area contributed by atoms with Crippen molar-refractivity contribution >= 4 is 24.1 Å². The Morgan fingerprint density at radius 2 is 1.89 bits per heavy atom. The van der Waals surface area contributed by atoms with Gasteiger partial charge in [0.1, 0.15) is 5.69 Å². The van der Waals surface area contributed by atoms with Crippen molar-refractivity contribution in [2.75, 3.05) is 0 Å². The average Bonchev–Trinajstić information content (AvgIpc) is 2.70. The van der Waals surface area contributed by atoms with Crippen molar-refractivity contribution in [1.82, 2.24) is 4.98 Å². The van der Waals surface area contributed by atoms with Gasteiger partial charge in [0, 0.05) is 16.1 Å². The first kappa shape index (κ1) is 16.7. The van der Waals surface area contributed by atoms with Gasteiger partial charge in [-0.1, -0.05) is 38.7 Å². The van der Waals surface area contributed by atoms with Gasteiger partial charge in [0.2, 0.25) is 0 Å². The minimum Gasteiger partial charge on any atom is -0.481 e. The molecule has 0 aliphatic carbocycles. The van der Waals surface area contributed by atoms with E-state index in [1.54, 1.807) is 19.1 Å². The number of carboxylic acid groups (broad SMARTS) is 2. The number of carbonyl (C=O) groups is 2. The van der Waals surface area contributed by atoms with Crippen LogP contribution in [0.4, 0.5) is 0 Å². The van der Waals surface area contributed by atoms with Gasteiger partial charge < -0.3 is 15.2 Å². The third-order valence-corrected chi connectivity index (χ3v) is 2.29. The number of aliphatic carboxylic acids is 1. The molecule has 0 spiro atoms. The van der Waals surface area contributed by atoms with Crippen LogP contribution < -0.4 is 10.6 Å². The first-order valence-electron chi connectivity index (χ1n) is 5.96. The van der Waals surface area contributed by atoms with Gasteiger partial charge in [0.25, 0.3) is 0 Å². The summed E-state index contributed by atoms with van der Waals surface area (Å²) in [6.07, 6.45) is 4.43. The molecule has 1 heterocycles. The van der Waals surface area contributed by atoms with Crippen molar-refractivity contribution in [3.63, 3.8) is 0 Å². The van der Waals surface area contributed by atoms with E-state index in [1.165, 1.54) is 6.08 Å². The zero-order valence-corrected chi connectivity index (χ0v) is 11.4. The van der Waals surface area contributed by atoms with E-state index < -0.39 is 11.9 Å². The van der Waals surface area contributed by atoms with Crippen molar-refractivity contribution in [2.45, 2.75) is 27.2 Å². The van der Waals surface area contributed by atoms with Crippen LogP contribution in [-0.2, 0) is 11.2 Å². The number of rotatable bonds is 4. The third kappa shape index (κ3) is 4.13. The minimum absolute atomic E-state index is 0.0893. The summed E-state index contributed by atoms with van der Waals surface area (Å²) in [7, 11) is 0. The number of aromatic amines is 1. The summed E-state index contributed by atoms with van der Waals surface area (Å²) in [4.78, 5) is 24.4. The van der Waals surface area contributed by atoms with Gasteiger partial charge in [0.05, 0.1) is 6.42 Å². The molecule has 0 atom stereocenters. The van der Waals surface area contributed by atoms with Crippen LogP contribution in [0.1, 0.15) is 36.8 Å². The molecule has 0 aliphatic heterocycles. The fourth-order valence-electron chi connectivity index (χ4n) is 1.63. The molecule has 0 bridgehead atoms. The van der Waals surface area contributed by atoms with E-state index in [2.05, 4.69) is 11.6 Å². The van der Waals surface area contributed by atoms with Crippen molar-refractivity contribution in [3.8, 4) is 0 Å². The molecule has 0 aromatic carbocycles. The Morgan fingerprint density at radius 3 is 2.26 bits per heavy atom. The van der Waals surface area contributed by atoms with Crippen molar-refractivity contribution in [3.05, 3.63) is 34.5 Å². The Labute approximate surface area is 111 Å². The van der Waals surface area contributed by atoms with Crippen LogP contribution in [0.5, 0.6) is 0 Å². The molecule has 0 aliphatic rings. The molecule has 19 heavy (non-hydrogen) atoms. The molecule has 0 saturated heterocycles. The van der Waals surface area contributed by atoms with Gasteiger partial charge in [-0.25, -0.2) is 4.79 Å². The number of hydrogen-bond acceptors (Lipinski definition) is 2. The lowest BCUT2D eigenvalue weighted by Gasteiger charge is -1.95. The van der Waals surface area contributed by atoms with Crippen LogP contribution in [0.2, 0.25) is 0 Å². The van der Waals surface area contributed by atoms with Gasteiger partial charge in [-0.15, -0.1) is 0 Å². The van der Waals surface area contributed by atoms with E-state index in [9.17, 15) is 9.59 Å². The highest BCUT2D eigenvalue weighted by molar-refractivity contribution is 5.89. The zero-order chi connectivity index (χ0) is 15.0. The number of nitrogens with one attached hydrogen (secondary N) is 1. The first-order chi connectivity index (χ1) is 9.01. The monoisotopic (exact) mass is 265 g/mol. The number of hydrogen-bond donors (Lipinski definition) is 3. The maximum absolute atomic E-state index is 11.0. The Hall–Kier alpha value is -2.30. The molecule has 104 valence electrons. The topological polar surface area (TPSA) is 90.4 Å². The van der Waals surface area contributed by atoms with Gasteiger partial charge in [-0.2, -0.15) is 0 Å². The van der Waals surface area contributed by atoms with E-state index >= 15 is 0 Å². The van der Waals surface area contributed by atoms with Crippen LogP contribution in [0.25, 0.3) is 12.2 Å². The predicted molar refractivity (Wildman–Crippen MR) is 74.5 cm³/mol. The third-order valence-electron chi connectivity index (χ3n) is 2.29. The second-order valence-corrected chi connectivity index (χ2v) is 3.37. The lowest BCUT2D eigenvalue weighted by Crippen LogP contribution is -2.25. The second kappa shape index (κ2) is 7.92. The molecule has 0 saturated carbocycles. The van der Waals surface area contributed by atoms with Crippen LogP contribution in [0.3, 0.4) is 0 Å². The first-order valence-corrected chi connectivity index (χ1v) is 5.96. The van der Waals surface area contributed by atoms with Gasteiger partial charge in [-0.05, 0) is 6.92 Å². The Morgan fingerprint density at radius 1 is 1.32 bits per heavy atom. The summed E-state index contributed by atoms with van der Waals surface area (Å²) in [5.41, 5.74) is 0.173. The smallest absolute Gasteiger partial charge is 0.352 e. The quantitative estimate of drug-likeness (QED) is 0.761. The summed E-state index contributed by atoms with van der Waals surface area (Å²) >= 11 is 0. The van der Waals surface area contributed by atoms with Crippen LogP contribution in [0, 0.1) is 0 Å². The average molecular weight is 265 g/mol. The molecule has 1 aromatic rings. The number of aromatic carboxylic acids is 1. The van der Waals surface area contributed by atoms with Crippen molar-refractivity contribution < 1.29 is 19.8 Å². The lowest BCUT2D eigenvalue weighted by molar-refractivity contribution is -0.136. The molecule has 0 fully saturated rings. The molecule has 1 aromatic heterocycles. The molecular weight excluding hydrogens is 246 g/mol. The highest BCUT2D eigenvalue weighted by atomic mass is 16.4. The van der Waals surface area contributed by atoms with Crippen LogP contribution in [-0.4, -0.2) is 27.1 Å². The number of carboxylic acids is 2. The van der Waals surface area contributed by atoms with Gasteiger partial charge in [-0.3, -0.25) is 4.79 Å². The largest absolute Gasteiger partial charge is 0.481 e. The second-order valence-electron chi connectivity index (χ2n) is 3.37. The summed E-state index contributed by atoms with van der Waals surface area (Å²) in [5, 5.41) is 18.9. The molecular formula is C14H19NO4. The molecule has 0 amide bonds. The SMILES string of the molecule is C=C/C=c1/c(CC(=O)O)c(C(=O)O)[nH]/c1=C/C.CC. The minimum atomic E-state index is -1.17. The normalized spacial score (nSPS) is 11.7. The fourth-order valence-corrected chi connectivity index (χ4v) is 1.63. The van der Waals surface area contributed by atoms with E-state index in [0.29, 0.717) is 10.6 Å². The maximum Gasteiger partial charge on any atom is 0.352 e. The summed E-state index contributed by atoms with van der Waals surface area (Å²) < 4.78 is 0. The number of aromatic nitrogens is 1. The molecule has 1 rings (SSSR count).